The van der Waals surface area contributed by atoms with Gasteiger partial charge in [-0.1, -0.05) is 13.3 Å². The van der Waals surface area contributed by atoms with E-state index in [1.165, 1.54) is 12.1 Å². The molecule has 1 aliphatic rings. The topological polar surface area (TPSA) is 63.2 Å². The number of nitrogens with zero attached hydrogens (tertiary/aromatic N) is 6. The van der Waals surface area contributed by atoms with E-state index in [0.29, 0.717) is 6.54 Å². The van der Waals surface area contributed by atoms with Gasteiger partial charge in [0.1, 0.15) is 18.1 Å². The Morgan fingerprint density at radius 3 is 2.57 bits per heavy atom. The van der Waals surface area contributed by atoms with Gasteiger partial charge < -0.3 is 9.32 Å². The first-order chi connectivity index (χ1) is 13.7. The number of hydrogen-bond acceptors (Lipinski definition) is 6. The Labute approximate surface area is 163 Å². The van der Waals surface area contributed by atoms with Crippen LogP contribution < -0.4 is 4.90 Å². The molecule has 0 unspecified atom stereocenters. The van der Waals surface area contributed by atoms with Crippen molar-refractivity contribution in [1.29, 1.82) is 0 Å². The zero-order valence-electron chi connectivity index (χ0n) is 16.0. The number of anilines is 1. The Hall–Kier alpha value is -2.74. The van der Waals surface area contributed by atoms with Gasteiger partial charge in [-0.15, -0.1) is 5.10 Å². The molecule has 0 spiro atoms. The van der Waals surface area contributed by atoms with Crippen LogP contribution in [-0.2, 0) is 6.54 Å². The molecule has 4 rings (SSSR count). The van der Waals surface area contributed by atoms with Crippen LogP contribution in [-0.4, -0.2) is 51.3 Å². The fraction of sp³-hybridized carbons (Fsp3) is 0.450. The highest BCUT2D eigenvalue weighted by molar-refractivity contribution is 5.46. The Morgan fingerprint density at radius 2 is 1.89 bits per heavy atom. The van der Waals surface area contributed by atoms with Crippen molar-refractivity contribution in [3.05, 3.63) is 60.1 Å². The molecule has 1 saturated heterocycles. The van der Waals surface area contributed by atoms with Crippen LogP contribution in [0.15, 0.2) is 47.1 Å². The molecule has 8 heteroatoms. The normalized spacial score (nSPS) is 16.4. The third-order valence-electron chi connectivity index (χ3n) is 5.25. The average molecular weight is 384 g/mol. The number of furan rings is 1. The highest BCUT2D eigenvalue weighted by Crippen LogP contribution is 2.27. The van der Waals surface area contributed by atoms with Crippen molar-refractivity contribution >= 4 is 5.69 Å². The quantitative estimate of drug-likeness (QED) is 0.624. The number of aromatic nitrogens is 4. The van der Waals surface area contributed by atoms with Crippen molar-refractivity contribution in [2.24, 2.45) is 0 Å². The van der Waals surface area contributed by atoms with Crippen LogP contribution in [0.5, 0.6) is 0 Å². The minimum atomic E-state index is -0.200. The first-order valence-corrected chi connectivity index (χ1v) is 9.77. The van der Waals surface area contributed by atoms with Gasteiger partial charge in [0.25, 0.3) is 0 Å². The Bertz CT molecular complexity index is 855. The van der Waals surface area contributed by atoms with Crippen molar-refractivity contribution in [1.82, 2.24) is 25.1 Å². The molecule has 148 valence electrons. The van der Waals surface area contributed by atoms with Gasteiger partial charge in [0, 0.05) is 31.9 Å². The predicted molar refractivity (Wildman–Crippen MR) is 103 cm³/mol. The third kappa shape index (κ3) is 4.06. The summed E-state index contributed by atoms with van der Waals surface area (Å²) in [6.45, 7) is 6.33. The monoisotopic (exact) mass is 384 g/mol. The molecular weight excluding hydrogens is 359 g/mol. The maximum atomic E-state index is 13.2. The minimum absolute atomic E-state index is 0.172. The van der Waals surface area contributed by atoms with E-state index in [1.807, 2.05) is 28.9 Å². The van der Waals surface area contributed by atoms with Gasteiger partial charge in [0.15, 0.2) is 5.82 Å². The zero-order valence-corrected chi connectivity index (χ0v) is 16.0. The lowest BCUT2D eigenvalue weighted by atomic mass is 10.1. The molecule has 0 amide bonds. The van der Waals surface area contributed by atoms with Crippen LogP contribution in [0.1, 0.15) is 37.4 Å². The third-order valence-corrected chi connectivity index (χ3v) is 5.25. The summed E-state index contributed by atoms with van der Waals surface area (Å²) in [5.41, 5.74) is 1.07. The summed E-state index contributed by atoms with van der Waals surface area (Å²) in [5.74, 6) is 1.52. The van der Waals surface area contributed by atoms with Crippen LogP contribution in [0.25, 0.3) is 0 Å². The van der Waals surface area contributed by atoms with Crippen LogP contribution in [0.3, 0.4) is 0 Å². The maximum Gasteiger partial charge on any atom is 0.168 e. The van der Waals surface area contributed by atoms with E-state index >= 15 is 0 Å². The Morgan fingerprint density at radius 1 is 1.11 bits per heavy atom. The second kappa shape index (κ2) is 8.52. The van der Waals surface area contributed by atoms with Gasteiger partial charge in [-0.25, -0.2) is 9.07 Å². The minimum Gasteiger partial charge on any atom is -0.467 e. The number of benzene rings is 1. The van der Waals surface area contributed by atoms with Crippen molar-refractivity contribution in [2.45, 2.75) is 32.4 Å². The molecule has 28 heavy (non-hydrogen) atoms. The van der Waals surface area contributed by atoms with Gasteiger partial charge in [-0.05, 0) is 53.2 Å². The van der Waals surface area contributed by atoms with Crippen molar-refractivity contribution in [3.63, 3.8) is 0 Å². The van der Waals surface area contributed by atoms with E-state index < -0.39 is 0 Å². The first-order valence-electron chi connectivity index (χ1n) is 9.77. The molecule has 1 aromatic carbocycles. The highest BCUT2D eigenvalue weighted by atomic mass is 19.1. The van der Waals surface area contributed by atoms with Crippen molar-refractivity contribution < 1.29 is 8.81 Å². The lowest BCUT2D eigenvalue weighted by Crippen LogP contribution is -2.48. The van der Waals surface area contributed by atoms with Crippen LogP contribution in [0.2, 0.25) is 0 Å². The van der Waals surface area contributed by atoms with Gasteiger partial charge in [-0.2, -0.15) is 0 Å². The molecule has 1 aliphatic heterocycles. The van der Waals surface area contributed by atoms with Gasteiger partial charge in [0.2, 0.25) is 0 Å². The largest absolute Gasteiger partial charge is 0.467 e. The van der Waals surface area contributed by atoms with Crippen LogP contribution >= 0.6 is 0 Å². The summed E-state index contributed by atoms with van der Waals surface area (Å²) in [5, 5.41) is 12.4. The lowest BCUT2D eigenvalue weighted by molar-refractivity contribution is 0.164. The zero-order chi connectivity index (χ0) is 19.3. The fourth-order valence-corrected chi connectivity index (χ4v) is 3.81. The second-order valence-electron chi connectivity index (χ2n) is 7.08. The molecule has 2 aromatic heterocycles. The smallest absolute Gasteiger partial charge is 0.168 e. The number of hydrogen-bond donors (Lipinski definition) is 0. The molecule has 0 saturated carbocycles. The van der Waals surface area contributed by atoms with Gasteiger partial charge in [-0.3, -0.25) is 4.90 Å². The number of tetrazole rings is 1. The average Bonchev–Trinajstić information content (AvgIpc) is 3.40. The Balaban J connectivity index is 1.46. The SMILES string of the molecule is CCC[C@@H](c1nnnn1Cc1ccco1)N1CCN(c2ccc(F)cc2)CC1. The first kappa shape index (κ1) is 18.6. The molecule has 0 aliphatic carbocycles. The molecule has 0 bridgehead atoms. The van der Waals surface area contributed by atoms with Crippen LogP contribution in [0.4, 0.5) is 10.1 Å². The molecule has 0 radical (unpaired) electrons. The number of rotatable bonds is 7. The lowest BCUT2D eigenvalue weighted by Gasteiger charge is -2.39. The molecule has 0 N–H and O–H groups in total. The fourth-order valence-electron chi connectivity index (χ4n) is 3.81. The van der Waals surface area contributed by atoms with E-state index in [4.69, 9.17) is 4.42 Å². The van der Waals surface area contributed by atoms with Crippen molar-refractivity contribution in [3.8, 4) is 0 Å². The molecule has 3 aromatic rings. The standard InChI is InChI=1S/C20H25FN6O/c1-2-4-19(20-22-23-24-27(20)15-18-5-3-14-28-18)26-12-10-25(11-13-26)17-8-6-16(21)7-9-17/h3,5-9,14,19H,2,4,10-13,15H2,1H3/t19-/m0/s1. The molecule has 3 heterocycles. The summed E-state index contributed by atoms with van der Waals surface area (Å²) in [7, 11) is 0. The highest BCUT2D eigenvalue weighted by Gasteiger charge is 2.28. The molecular formula is C20H25FN6O. The summed E-state index contributed by atoms with van der Waals surface area (Å²) < 4.78 is 20.5. The van der Waals surface area contributed by atoms with E-state index in [2.05, 4.69) is 32.2 Å². The molecule has 1 atom stereocenters. The van der Waals surface area contributed by atoms with E-state index in [1.54, 1.807) is 6.26 Å². The Kier molecular flexibility index (Phi) is 5.66. The maximum absolute atomic E-state index is 13.2. The van der Waals surface area contributed by atoms with Crippen molar-refractivity contribution in [2.75, 3.05) is 31.1 Å². The van der Waals surface area contributed by atoms with E-state index in [-0.39, 0.29) is 11.9 Å². The summed E-state index contributed by atoms with van der Waals surface area (Å²) in [4.78, 5) is 4.75. The van der Waals surface area contributed by atoms with Gasteiger partial charge in [0.05, 0.1) is 12.3 Å². The summed E-state index contributed by atoms with van der Waals surface area (Å²) in [6, 6.07) is 10.7. The second-order valence-corrected chi connectivity index (χ2v) is 7.08. The number of halogens is 1. The predicted octanol–water partition coefficient (Wildman–Crippen LogP) is 3.12. The number of piperazine rings is 1. The van der Waals surface area contributed by atoms with Crippen LogP contribution in [0, 0.1) is 5.82 Å². The molecule has 1 fully saturated rings. The summed E-state index contributed by atoms with van der Waals surface area (Å²) >= 11 is 0. The van der Waals surface area contributed by atoms with E-state index in [0.717, 1.165) is 56.3 Å². The van der Waals surface area contributed by atoms with E-state index in [9.17, 15) is 4.39 Å². The molecule has 7 nitrogen and oxygen atoms in total. The summed E-state index contributed by atoms with van der Waals surface area (Å²) in [6.07, 6.45) is 3.71. The van der Waals surface area contributed by atoms with Gasteiger partial charge >= 0.3 is 0 Å².